The minimum absolute atomic E-state index is 0.0166. The standard InChI is InChI=1S/C24H29N3O4/c1-3-15(2)22(24(29)26-18-8-9-20-21(13-18)31-11-10-30-20)27-23(28)19-12-16-6-4-5-7-17(16)14-25-19/h4-9,13,15,19,22,25H,3,10-12,14H2,1-2H3,(H,26,29)(H,27,28)/t15-,19-,22+/m0/s1. The summed E-state index contributed by atoms with van der Waals surface area (Å²) in [6.07, 6.45) is 1.37. The van der Waals surface area contributed by atoms with E-state index in [0.717, 1.165) is 6.42 Å². The highest BCUT2D eigenvalue weighted by atomic mass is 16.6. The second-order valence-corrected chi connectivity index (χ2v) is 8.13. The average molecular weight is 424 g/mol. The fraction of sp³-hybridized carbons (Fsp3) is 0.417. The Kier molecular flexibility index (Phi) is 6.42. The SMILES string of the molecule is CC[C@H](C)[C@@H](NC(=O)[C@@H]1Cc2ccccc2CN1)C(=O)Nc1ccc2c(c1)OCCO2. The zero-order valence-corrected chi connectivity index (χ0v) is 17.9. The Morgan fingerprint density at radius 1 is 1.10 bits per heavy atom. The molecular formula is C24H29N3O4. The van der Waals surface area contributed by atoms with Gasteiger partial charge < -0.3 is 25.4 Å². The van der Waals surface area contributed by atoms with Gasteiger partial charge in [0.15, 0.2) is 11.5 Å². The van der Waals surface area contributed by atoms with Gasteiger partial charge in [0.2, 0.25) is 11.8 Å². The Labute approximate surface area is 182 Å². The highest BCUT2D eigenvalue weighted by Crippen LogP contribution is 2.32. The van der Waals surface area contributed by atoms with Crippen molar-refractivity contribution in [1.82, 2.24) is 10.6 Å². The molecule has 0 aromatic heterocycles. The van der Waals surface area contributed by atoms with E-state index in [0.29, 0.717) is 43.4 Å². The van der Waals surface area contributed by atoms with Crippen molar-refractivity contribution in [2.75, 3.05) is 18.5 Å². The Balaban J connectivity index is 1.43. The molecule has 2 aliphatic heterocycles. The van der Waals surface area contributed by atoms with Gasteiger partial charge in [0.1, 0.15) is 19.3 Å². The molecule has 2 aromatic rings. The molecule has 0 aliphatic carbocycles. The molecule has 3 N–H and O–H groups in total. The van der Waals surface area contributed by atoms with E-state index in [1.807, 2.05) is 26.0 Å². The normalized spacial score (nSPS) is 19.0. The smallest absolute Gasteiger partial charge is 0.247 e. The predicted octanol–water partition coefficient (Wildman–Crippen LogP) is 2.64. The number of carbonyl (C=O) groups excluding carboxylic acids is 2. The Hall–Kier alpha value is -3.06. The monoisotopic (exact) mass is 423 g/mol. The van der Waals surface area contributed by atoms with Crippen molar-refractivity contribution in [3.8, 4) is 11.5 Å². The molecule has 0 radical (unpaired) electrons. The van der Waals surface area contributed by atoms with Gasteiger partial charge in [-0.3, -0.25) is 9.59 Å². The molecule has 7 heteroatoms. The van der Waals surface area contributed by atoms with Crippen LogP contribution in [0, 0.1) is 5.92 Å². The number of anilines is 1. The molecule has 0 saturated heterocycles. The van der Waals surface area contributed by atoms with Crippen molar-refractivity contribution >= 4 is 17.5 Å². The van der Waals surface area contributed by atoms with E-state index in [9.17, 15) is 9.59 Å². The van der Waals surface area contributed by atoms with E-state index in [1.54, 1.807) is 18.2 Å². The number of carbonyl (C=O) groups is 2. The lowest BCUT2D eigenvalue weighted by Gasteiger charge is -2.29. The van der Waals surface area contributed by atoms with Gasteiger partial charge in [-0.25, -0.2) is 0 Å². The second-order valence-electron chi connectivity index (χ2n) is 8.13. The summed E-state index contributed by atoms with van der Waals surface area (Å²) in [6.45, 7) is 5.62. The number of ether oxygens (including phenoxy) is 2. The van der Waals surface area contributed by atoms with Gasteiger partial charge >= 0.3 is 0 Å². The summed E-state index contributed by atoms with van der Waals surface area (Å²) < 4.78 is 11.1. The van der Waals surface area contributed by atoms with Gasteiger partial charge in [-0.2, -0.15) is 0 Å². The number of fused-ring (bicyclic) bond motifs is 2. The van der Waals surface area contributed by atoms with Crippen LogP contribution in [0.3, 0.4) is 0 Å². The number of rotatable bonds is 6. The molecule has 2 heterocycles. The number of amides is 2. The lowest BCUT2D eigenvalue weighted by Crippen LogP contribution is -2.55. The molecular weight excluding hydrogens is 394 g/mol. The highest BCUT2D eigenvalue weighted by Gasteiger charge is 2.31. The Morgan fingerprint density at radius 3 is 2.61 bits per heavy atom. The topological polar surface area (TPSA) is 88.7 Å². The van der Waals surface area contributed by atoms with Crippen LogP contribution in [0.4, 0.5) is 5.69 Å². The third-order valence-corrected chi connectivity index (χ3v) is 6.00. The lowest BCUT2D eigenvalue weighted by molar-refractivity contribution is -0.129. The van der Waals surface area contributed by atoms with E-state index >= 15 is 0 Å². The molecule has 164 valence electrons. The van der Waals surface area contributed by atoms with E-state index in [4.69, 9.17) is 9.47 Å². The maximum atomic E-state index is 13.1. The summed E-state index contributed by atoms with van der Waals surface area (Å²) in [6, 6.07) is 12.4. The van der Waals surface area contributed by atoms with Crippen LogP contribution >= 0.6 is 0 Å². The number of hydrogen-bond acceptors (Lipinski definition) is 5. The average Bonchev–Trinajstić information content (AvgIpc) is 2.81. The molecule has 0 unspecified atom stereocenters. The number of hydrogen-bond donors (Lipinski definition) is 3. The van der Waals surface area contributed by atoms with Crippen molar-refractivity contribution in [3.05, 3.63) is 53.6 Å². The molecule has 2 amide bonds. The first kappa shape index (κ1) is 21.2. The van der Waals surface area contributed by atoms with Crippen molar-refractivity contribution < 1.29 is 19.1 Å². The van der Waals surface area contributed by atoms with E-state index in [1.165, 1.54) is 11.1 Å². The highest BCUT2D eigenvalue weighted by molar-refractivity contribution is 5.98. The van der Waals surface area contributed by atoms with Crippen LogP contribution in [0.15, 0.2) is 42.5 Å². The van der Waals surface area contributed by atoms with Crippen molar-refractivity contribution in [3.63, 3.8) is 0 Å². The molecule has 3 atom stereocenters. The summed E-state index contributed by atoms with van der Waals surface area (Å²) in [7, 11) is 0. The van der Waals surface area contributed by atoms with Crippen LogP contribution < -0.4 is 25.4 Å². The van der Waals surface area contributed by atoms with Crippen LogP contribution in [0.2, 0.25) is 0 Å². The molecule has 4 rings (SSSR count). The van der Waals surface area contributed by atoms with Crippen LogP contribution in [-0.4, -0.2) is 37.1 Å². The first-order valence-corrected chi connectivity index (χ1v) is 10.9. The van der Waals surface area contributed by atoms with Crippen molar-refractivity contribution in [2.45, 2.75) is 45.3 Å². The van der Waals surface area contributed by atoms with Crippen LogP contribution in [-0.2, 0) is 22.6 Å². The Morgan fingerprint density at radius 2 is 1.84 bits per heavy atom. The largest absolute Gasteiger partial charge is 0.486 e. The van der Waals surface area contributed by atoms with E-state index in [2.05, 4.69) is 28.1 Å². The van der Waals surface area contributed by atoms with Crippen LogP contribution in [0.1, 0.15) is 31.4 Å². The van der Waals surface area contributed by atoms with Gasteiger partial charge in [0, 0.05) is 18.3 Å². The van der Waals surface area contributed by atoms with Crippen LogP contribution in [0.5, 0.6) is 11.5 Å². The van der Waals surface area contributed by atoms with Gasteiger partial charge in [0.05, 0.1) is 6.04 Å². The fourth-order valence-corrected chi connectivity index (χ4v) is 3.94. The summed E-state index contributed by atoms with van der Waals surface area (Å²) >= 11 is 0. The van der Waals surface area contributed by atoms with Crippen LogP contribution in [0.25, 0.3) is 0 Å². The molecule has 31 heavy (non-hydrogen) atoms. The molecule has 0 saturated carbocycles. The first-order valence-electron chi connectivity index (χ1n) is 10.9. The molecule has 0 spiro atoms. The Bertz CT molecular complexity index is 962. The summed E-state index contributed by atoms with van der Waals surface area (Å²) in [4.78, 5) is 26.1. The lowest BCUT2D eigenvalue weighted by atomic mass is 9.94. The van der Waals surface area contributed by atoms with Crippen molar-refractivity contribution in [2.24, 2.45) is 5.92 Å². The minimum Gasteiger partial charge on any atom is -0.486 e. The predicted molar refractivity (Wildman–Crippen MR) is 118 cm³/mol. The molecule has 7 nitrogen and oxygen atoms in total. The summed E-state index contributed by atoms with van der Waals surface area (Å²) in [5, 5.41) is 9.19. The second kappa shape index (κ2) is 9.39. The van der Waals surface area contributed by atoms with Gasteiger partial charge in [0.25, 0.3) is 0 Å². The summed E-state index contributed by atoms with van der Waals surface area (Å²) in [5.41, 5.74) is 2.99. The maximum Gasteiger partial charge on any atom is 0.247 e. The molecule has 0 bridgehead atoms. The van der Waals surface area contributed by atoms with Gasteiger partial charge in [-0.05, 0) is 35.6 Å². The third-order valence-electron chi connectivity index (χ3n) is 6.00. The van der Waals surface area contributed by atoms with E-state index in [-0.39, 0.29) is 23.8 Å². The molecule has 2 aliphatic rings. The zero-order chi connectivity index (χ0) is 21.8. The van der Waals surface area contributed by atoms with Gasteiger partial charge in [-0.15, -0.1) is 0 Å². The first-order chi connectivity index (χ1) is 15.0. The fourth-order valence-electron chi connectivity index (χ4n) is 3.94. The zero-order valence-electron chi connectivity index (χ0n) is 17.9. The maximum absolute atomic E-state index is 13.1. The third kappa shape index (κ3) is 4.82. The van der Waals surface area contributed by atoms with E-state index < -0.39 is 6.04 Å². The van der Waals surface area contributed by atoms with Crippen molar-refractivity contribution in [1.29, 1.82) is 0 Å². The minimum atomic E-state index is -0.635. The number of benzene rings is 2. The number of nitrogens with one attached hydrogen (secondary N) is 3. The summed E-state index contributed by atoms with van der Waals surface area (Å²) in [5.74, 6) is 0.864. The quantitative estimate of drug-likeness (QED) is 0.665. The van der Waals surface area contributed by atoms with Gasteiger partial charge in [-0.1, -0.05) is 44.5 Å². The molecule has 0 fully saturated rings. The molecule has 2 aromatic carbocycles.